The number of sulfonamides is 1. The lowest BCUT2D eigenvalue weighted by atomic mass is 10.1. The maximum atomic E-state index is 12.6. The van der Waals surface area contributed by atoms with Gasteiger partial charge >= 0.3 is 5.97 Å². The van der Waals surface area contributed by atoms with Crippen molar-refractivity contribution < 1.29 is 22.7 Å². The lowest BCUT2D eigenvalue weighted by molar-refractivity contribution is -0.129. The van der Waals surface area contributed by atoms with Crippen LogP contribution < -0.4 is 10.2 Å². The second-order valence-electron chi connectivity index (χ2n) is 7.46. The third-order valence-electron chi connectivity index (χ3n) is 5.16. The van der Waals surface area contributed by atoms with Crippen molar-refractivity contribution in [2.75, 3.05) is 11.4 Å². The first-order valence-electron chi connectivity index (χ1n) is 9.62. The number of hydrogen-bond acceptors (Lipinski definition) is 6. The van der Waals surface area contributed by atoms with Gasteiger partial charge in [-0.05, 0) is 50.8 Å². The number of fused-ring (bicyclic) bond motifs is 3. The molecule has 1 amide bonds. The number of amides is 1. The van der Waals surface area contributed by atoms with Gasteiger partial charge in [0.25, 0.3) is 15.9 Å². The summed E-state index contributed by atoms with van der Waals surface area (Å²) >= 11 is 0. The van der Waals surface area contributed by atoms with Crippen LogP contribution in [0, 0.1) is 0 Å². The Bertz CT molecular complexity index is 952. The number of anilines is 1. The summed E-state index contributed by atoms with van der Waals surface area (Å²) in [5.74, 6) is -0.520. The molecule has 0 spiro atoms. The molecule has 1 aliphatic carbocycles. The molecule has 0 unspecified atom stereocenters. The van der Waals surface area contributed by atoms with Crippen LogP contribution in [0.4, 0.5) is 5.69 Å². The summed E-state index contributed by atoms with van der Waals surface area (Å²) < 4.78 is 34.5. The average molecular weight is 405 g/mol. The predicted octanol–water partition coefficient (Wildman–Crippen LogP) is 1.99. The highest BCUT2D eigenvalue weighted by Crippen LogP contribution is 2.35. The van der Waals surface area contributed by atoms with Crippen LogP contribution in [0.25, 0.3) is 0 Å². The fourth-order valence-corrected chi connectivity index (χ4v) is 4.72. The first kappa shape index (κ1) is 18.9. The monoisotopic (exact) mass is 405 g/mol. The smallest absolute Gasteiger partial charge is 0.338 e. The molecule has 0 radical (unpaired) electrons. The number of rotatable bonds is 4. The van der Waals surface area contributed by atoms with Crippen LogP contribution in [-0.4, -0.2) is 44.8 Å². The van der Waals surface area contributed by atoms with Gasteiger partial charge in [0, 0.05) is 19.0 Å². The Hall–Kier alpha value is -2.42. The molecule has 0 aromatic heterocycles. The van der Waals surface area contributed by atoms with Gasteiger partial charge in [-0.25, -0.2) is 4.79 Å². The van der Waals surface area contributed by atoms with Crippen molar-refractivity contribution in [1.29, 1.82) is 0 Å². The SMILES string of the molecule is C[C@@H](OC(=O)c1ccc2c(c1)S(=O)(=O)N=C1CCCCCN12)C(=O)NC1CC1. The zero-order valence-electron chi connectivity index (χ0n) is 15.7. The number of carbonyl (C=O) groups is 2. The van der Waals surface area contributed by atoms with Crippen molar-refractivity contribution in [2.45, 2.75) is 62.5 Å². The highest BCUT2D eigenvalue weighted by Gasteiger charge is 2.33. The maximum Gasteiger partial charge on any atom is 0.338 e. The van der Waals surface area contributed by atoms with E-state index in [1.54, 1.807) is 6.07 Å². The van der Waals surface area contributed by atoms with Gasteiger partial charge in [-0.2, -0.15) is 8.42 Å². The van der Waals surface area contributed by atoms with Crippen LogP contribution in [0.15, 0.2) is 27.5 Å². The largest absolute Gasteiger partial charge is 0.449 e. The third kappa shape index (κ3) is 3.76. The zero-order chi connectivity index (χ0) is 19.9. The Labute approximate surface area is 164 Å². The molecule has 9 heteroatoms. The van der Waals surface area contributed by atoms with Gasteiger partial charge < -0.3 is 15.0 Å². The van der Waals surface area contributed by atoms with Crippen LogP contribution in [0.3, 0.4) is 0 Å². The van der Waals surface area contributed by atoms with Gasteiger partial charge in [0.1, 0.15) is 10.7 Å². The van der Waals surface area contributed by atoms with Gasteiger partial charge in [0.2, 0.25) is 0 Å². The Morgan fingerprint density at radius 3 is 2.79 bits per heavy atom. The van der Waals surface area contributed by atoms with E-state index in [-0.39, 0.29) is 22.4 Å². The highest BCUT2D eigenvalue weighted by atomic mass is 32.2. The minimum Gasteiger partial charge on any atom is -0.449 e. The topological polar surface area (TPSA) is 105 Å². The summed E-state index contributed by atoms with van der Waals surface area (Å²) in [5.41, 5.74) is 0.629. The standard InChI is InChI=1S/C19H23N3O5S/c1-12(18(23)20-14-7-8-14)27-19(24)13-6-9-15-16(11-13)28(25,26)21-17-5-3-2-4-10-22(15)17/h6,9,11-12,14H,2-5,7-8,10H2,1H3,(H,20,23)/t12-/m1/s1. The number of nitrogens with one attached hydrogen (secondary N) is 1. The van der Waals surface area contributed by atoms with Gasteiger partial charge in [-0.15, -0.1) is 4.40 Å². The van der Waals surface area contributed by atoms with Gasteiger partial charge in [-0.1, -0.05) is 6.42 Å². The van der Waals surface area contributed by atoms with E-state index in [0.717, 1.165) is 32.1 Å². The first-order chi connectivity index (χ1) is 13.3. The van der Waals surface area contributed by atoms with Crippen LogP contribution in [-0.2, 0) is 19.6 Å². The molecule has 28 heavy (non-hydrogen) atoms. The number of hydrogen-bond donors (Lipinski definition) is 1. The molecule has 2 aliphatic heterocycles. The van der Waals surface area contributed by atoms with Gasteiger partial charge in [0.05, 0.1) is 11.3 Å². The predicted molar refractivity (Wildman–Crippen MR) is 103 cm³/mol. The molecular weight excluding hydrogens is 382 g/mol. The Kier molecular flexibility index (Phi) is 4.86. The van der Waals surface area contributed by atoms with Crippen molar-refractivity contribution >= 4 is 33.4 Å². The molecule has 3 aliphatic rings. The van der Waals surface area contributed by atoms with E-state index in [1.165, 1.54) is 19.1 Å². The fourth-order valence-electron chi connectivity index (χ4n) is 3.44. The molecule has 2 heterocycles. The molecule has 150 valence electrons. The number of nitrogens with zero attached hydrogens (tertiary/aromatic N) is 2. The van der Waals surface area contributed by atoms with E-state index >= 15 is 0 Å². The van der Waals surface area contributed by atoms with E-state index in [9.17, 15) is 18.0 Å². The molecule has 1 saturated carbocycles. The van der Waals surface area contributed by atoms with Crippen molar-refractivity contribution in [3.05, 3.63) is 23.8 Å². The summed E-state index contributed by atoms with van der Waals surface area (Å²) in [4.78, 5) is 26.3. The molecule has 1 aromatic rings. The van der Waals surface area contributed by atoms with Crippen molar-refractivity contribution in [3.63, 3.8) is 0 Å². The second kappa shape index (κ2) is 7.20. The maximum absolute atomic E-state index is 12.6. The molecule has 1 aromatic carbocycles. The summed E-state index contributed by atoms with van der Waals surface area (Å²) in [5, 5.41) is 2.77. The molecule has 1 atom stereocenters. The molecular formula is C19H23N3O5S. The van der Waals surface area contributed by atoms with Crippen LogP contribution in [0.1, 0.15) is 55.8 Å². The van der Waals surface area contributed by atoms with Crippen LogP contribution >= 0.6 is 0 Å². The van der Waals surface area contributed by atoms with Crippen molar-refractivity contribution in [2.24, 2.45) is 4.40 Å². The lowest BCUT2D eigenvalue weighted by Crippen LogP contribution is -2.37. The number of ether oxygens (including phenoxy) is 1. The van der Waals surface area contributed by atoms with Gasteiger partial charge in [0.15, 0.2) is 6.10 Å². The Morgan fingerprint density at radius 1 is 1.25 bits per heavy atom. The third-order valence-corrected chi connectivity index (χ3v) is 6.49. The Morgan fingerprint density at radius 2 is 2.04 bits per heavy atom. The molecule has 1 N–H and O–H groups in total. The lowest BCUT2D eigenvalue weighted by Gasteiger charge is -2.29. The summed E-state index contributed by atoms with van der Waals surface area (Å²) in [7, 11) is -3.88. The molecule has 8 nitrogen and oxygen atoms in total. The average Bonchev–Trinajstić information content (AvgIpc) is 3.48. The minimum absolute atomic E-state index is 0.00249. The van der Waals surface area contributed by atoms with Crippen LogP contribution in [0.5, 0.6) is 0 Å². The molecule has 1 saturated heterocycles. The number of benzene rings is 1. The summed E-state index contributed by atoms with van der Waals surface area (Å²) in [6.07, 6.45) is 4.44. The Balaban J connectivity index is 1.57. The molecule has 4 rings (SSSR count). The quantitative estimate of drug-likeness (QED) is 0.768. The number of esters is 1. The van der Waals surface area contributed by atoms with Crippen molar-refractivity contribution in [1.82, 2.24) is 5.32 Å². The highest BCUT2D eigenvalue weighted by molar-refractivity contribution is 7.90. The van der Waals surface area contributed by atoms with Crippen molar-refractivity contribution in [3.8, 4) is 0 Å². The second-order valence-corrected chi connectivity index (χ2v) is 9.03. The first-order valence-corrected chi connectivity index (χ1v) is 11.1. The minimum atomic E-state index is -3.88. The molecule has 2 fully saturated rings. The molecule has 0 bridgehead atoms. The van der Waals surface area contributed by atoms with E-state index in [1.807, 2.05) is 4.90 Å². The summed E-state index contributed by atoms with van der Waals surface area (Å²) in [6, 6.07) is 4.63. The van der Waals surface area contributed by atoms with E-state index in [2.05, 4.69) is 9.71 Å². The zero-order valence-corrected chi connectivity index (χ0v) is 16.5. The van der Waals surface area contributed by atoms with E-state index in [0.29, 0.717) is 24.5 Å². The van der Waals surface area contributed by atoms with E-state index < -0.39 is 22.1 Å². The number of amidine groups is 1. The summed E-state index contributed by atoms with van der Waals surface area (Å²) in [6.45, 7) is 2.20. The fraction of sp³-hybridized carbons (Fsp3) is 0.526. The van der Waals surface area contributed by atoms with Gasteiger partial charge in [-0.3, -0.25) is 4.79 Å². The van der Waals surface area contributed by atoms with Crippen LogP contribution in [0.2, 0.25) is 0 Å². The normalized spacial score (nSPS) is 21.5. The number of carbonyl (C=O) groups excluding carboxylic acids is 2. The van der Waals surface area contributed by atoms with E-state index in [4.69, 9.17) is 4.74 Å².